The van der Waals surface area contributed by atoms with Crippen LogP contribution in [-0.4, -0.2) is 52.7 Å². The largest absolute Gasteiger partial charge is 0.471 e. The average Bonchev–Trinajstić information content (AvgIpc) is 3.31. The topological polar surface area (TPSA) is 140 Å². The van der Waals surface area contributed by atoms with E-state index in [-0.39, 0.29) is 12.7 Å². The Bertz CT molecular complexity index is 1920. The number of aliphatic hydroxyl groups excluding tert-OH is 1. The molecule has 1 fully saturated rings. The standard InChI is InChI=1S/C29H31N2O8PSi/c1-17-14-31(29(34)30-28(17)33)25-13-22(32)23(39-25)15-37-40(35,36)38-16-41(2,3)24-12-10-20-8-7-18-5-4-6-19-9-11-21(24)27(20)26(18)19/h4-12,14,22-23,25,32H,13,15-16H2,1-3H3,(H,35,36)(H,30,33,34)/t22-,23+,25+/m0/s1. The Hall–Kier alpha value is -3.15. The molecule has 2 heterocycles. The van der Waals surface area contributed by atoms with Gasteiger partial charge in [0, 0.05) is 18.2 Å². The lowest BCUT2D eigenvalue weighted by molar-refractivity contribution is -0.0461. The molecule has 0 spiro atoms. The van der Waals surface area contributed by atoms with Gasteiger partial charge >= 0.3 is 13.5 Å². The summed E-state index contributed by atoms with van der Waals surface area (Å²) < 4.78 is 30.5. The number of benzene rings is 4. The van der Waals surface area contributed by atoms with Gasteiger partial charge in [0.1, 0.15) is 20.4 Å². The molecule has 10 nitrogen and oxygen atoms in total. The van der Waals surface area contributed by atoms with E-state index in [2.05, 4.69) is 66.6 Å². The molecular weight excluding hydrogens is 563 g/mol. The van der Waals surface area contributed by atoms with Gasteiger partial charge in [-0.3, -0.25) is 23.4 Å². The number of phosphoric ester groups is 1. The van der Waals surface area contributed by atoms with Crippen molar-refractivity contribution >= 4 is 53.4 Å². The first-order valence-electron chi connectivity index (χ1n) is 13.4. The number of phosphoric acid groups is 1. The van der Waals surface area contributed by atoms with Gasteiger partial charge in [0.25, 0.3) is 5.56 Å². The van der Waals surface area contributed by atoms with E-state index < -0.39 is 52.2 Å². The van der Waals surface area contributed by atoms with Crippen molar-refractivity contribution in [1.82, 2.24) is 9.55 Å². The predicted molar refractivity (Wildman–Crippen MR) is 160 cm³/mol. The first-order chi connectivity index (χ1) is 19.4. The molecule has 3 N–H and O–H groups in total. The molecule has 4 aromatic carbocycles. The minimum absolute atomic E-state index is 0.0352. The van der Waals surface area contributed by atoms with Crippen LogP contribution < -0.4 is 16.4 Å². The first-order valence-corrected chi connectivity index (χ1v) is 18.1. The average molecular weight is 595 g/mol. The van der Waals surface area contributed by atoms with Crippen LogP contribution in [0.1, 0.15) is 18.2 Å². The predicted octanol–water partition coefficient (Wildman–Crippen LogP) is 3.68. The third-order valence-corrected chi connectivity index (χ3v) is 11.8. The van der Waals surface area contributed by atoms with Gasteiger partial charge in [0.2, 0.25) is 0 Å². The molecule has 1 saturated heterocycles. The van der Waals surface area contributed by atoms with Crippen molar-refractivity contribution in [3.63, 3.8) is 0 Å². The molecule has 0 saturated carbocycles. The van der Waals surface area contributed by atoms with E-state index in [4.69, 9.17) is 13.8 Å². The maximum Gasteiger partial charge on any atom is 0.471 e. The maximum atomic E-state index is 12.9. The van der Waals surface area contributed by atoms with Crippen LogP contribution >= 0.6 is 7.82 Å². The minimum Gasteiger partial charge on any atom is -0.390 e. The Kier molecular flexibility index (Phi) is 7.02. The molecule has 1 unspecified atom stereocenters. The number of aromatic amines is 1. The van der Waals surface area contributed by atoms with Gasteiger partial charge in [-0.2, -0.15) is 0 Å². The van der Waals surface area contributed by atoms with Gasteiger partial charge in [0.15, 0.2) is 0 Å². The van der Waals surface area contributed by atoms with E-state index in [1.54, 1.807) is 6.92 Å². The molecule has 0 radical (unpaired) electrons. The zero-order valence-corrected chi connectivity index (χ0v) is 24.8. The quantitative estimate of drug-likeness (QED) is 0.140. The number of hydrogen-bond acceptors (Lipinski definition) is 7. The highest BCUT2D eigenvalue weighted by Crippen LogP contribution is 2.45. The lowest BCUT2D eigenvalue weighted by atomic mass is 9.94. The van der Waals surface area contributed by atoms with E-state index in [1.807, 2.05) is 6.07 Å². The second-order valence-corrected chi connectivity index (χ2v) is 17.4. The number of aromatic nitrogens is 2. The maximum absolute atomic E-state index is 12.9. The highest BCUT2D eigenvalue weighted by atomic mass is 31.2. The van der Waals surface area contributed by atoms with Gasteiger partial charge in [0.05, 0.1) is 18.9 Å². The number of hydrogen-bond donors (Lipinski definition) is 3. The van der Waals surface area contributed by atoms with Crippen LogP contribution in [0.3, 0.4) is 0 Å². The second kappa shape index (κ2) is 10.3. The van der Waals surface area contributed by atoms with E-state index >= 15 is 0 Å². The van der Waals surface area contributed by atoms with Gasteiger partial charge < -0.3 is 14.7 Å². The lowest BCUT2D eigenvalue weighted by Gasteiger charge is -2.27. The Morgan fingerprint density at radius 2 is 1.68 bits per heavy atom. The Morgan fingerprint density at radius 3 is 2.41 bits per heavy atom. The molecule has 0 amide bonds. The van der Waals surface area contributed by atoms with Crippen molar-refractivity contribution in [3.8, 4) is 0 Å². The molecule has 1 aliphatic heterocycles. The number of nitrogens with zero attached hydrogens (tertiary/aromatic N) is 1. The fourth-order valence-corrected chi connectivity index (χ4v) is 9.67. The smallest absolute Gasteiger partial charge is 0.390 e. The van der Waals surface area contributed by atoms with E-state index in [0.29, 0.717) is 5.56 Å². The molecule has 41 heavy (non-hydrogen) atoms. The molecule has 0 bridgehead atoms. The van der Waals surface area contributed by atoms with Crippen molar-refractivity contribution in [3.05, 3.63) is 87.2 Å². The van der Waals surface area contributed by atoms with Crippen molar-refractivity contribution < 1.29 is 28.3 Å². The summed E-state index contributed by atoms with van der Waals surface area (Å²) in [6.07, 6.45) is -1.44. The Labute approximate surface area is 236 Å². The molecule has 1 aliphatic rings. The second-order valence-electron chi connectivity index (χ2n) is 11.3. The zero-order chi connectivity index (χ0) is 29.1. The van der Waals surface area contributed by atoms with Crippen LogP contribution in [0.4, 0.5) is 0 Å². The third kappa shape index (κ3) is 5.19. The van der Waals surface area contributed by atoms with Gasteiger partial charge in [-0.05, 0) is 44.4 Å². The number of H-pyrrole nitrogens is 1. The summed E-state index contributed by atoms with van der Waals surface area (Å²) in [7, 11) is -6.90. The van der Waals surface area contributed by atoms with Crippen LogP contribution in [0, 0.1) is 6.92 Å². The summed E-state index contributed by atoms with van der Waals surface area (Å²) in [5, 5.41) is 18.6. The van der Waals surface area contributed by atoms with E-state index in [0.717, 1.165) is 16.0 Å². The molecule has 4 atom stereocenters. The molecule has 12 heteroatoms. The third-order valence-electron chi connectivity index (χ3n) is 7.91. The Balaban J connectivity index is 1.16. The zero-order valence-electron chi connectivity index (χ0n) is 22.9. The number of aryl methyl sites for hydroxylation is 1. The van der Waals surface area contributed by atoms with E-state index in [9.17, 15) is 24.2 Å². The normalized spacial score (nSPS) is 21.2. The van der Waals surface area contributed by atoms with Crippen LogP contribution in [0.25, 0.3) is 32.3 Å². The number of aliphatic hydroxyl groups is 1. The molecule has 0 aliphatic carbocycles. The molecular formula is C29H31N2O8PSi. The van der Waals surface area contributed by atoms with Gasteiger partial charge in [-0.25, -0.2) is 9.36 Å². The van der Waals surface area contributed by atoms with Gasteiger partial charge in [-0.15, -0.1) is 0 Å². The van der Waals surface area contributed by atoms with Crippen molar-refractivity contribution in [2.75, 3.05) is 12.8 Å². The molecule has 1 aromatic heterocycles. The fourth-order valence-electron chi connectivity index (χ4n) is 5.69. The summed E-state index contributed by atoms with van der Waals surface area (Å²) in [5.41, 5.74) is -0.863. The number of ether oxygens (including phenoxy) is 1. The number of rotatable bonds is 8. The van der Waals surface area contributed by atoms with Crippen LogP contribution in [0.2, 0.25) is 13.1 Å². The van der Waals surface area contributed by atoms with Crippen LogP contribution in [0.5, 0.6) is 0 Å². The monoisotopic (exact) mass is 594 g/mol. The first kappa shape index (κ1) is 28.0. The summed E-state index contributed by atoms with van der Waals surface area (Å²) >= 11 is 0. The molecule has 214 valence electrons. The van der Waals surface area contributed by atoms with Crippen LogP contribution in [-0.2, 0) is 18.3 Å². The summed E-state index contributed by atoms with van der Waals surface area (Å²) in [6, 6.07) is 18.9. The van der Waals surface area contributed by atoms with E-state index in [1.165, 1.54) is 32.3 Å². The summed E-state index contributed by atoms with van der Waals surface area (Å²) in [6.45, 7) is 5.30. The van der Waals surface area contributed by atoms with Gasteiger partial charge in [-0.1, -0.05) is 67.7 Å². The summed E-state index contributed by atoms with van der Waals surface area (Å²) in [5.74, 6) is 0. The van der Waals surface area contributed by atoms with Crippen molar-refractivity contribution in [2.24, 2.45) is 0 Å². The highest BCUT2D eigenvalue weighted by Gasteiger charge is 2.38. The summed E-state index contributed by atoms with van der Waals surface area (Å²) in [4.78, 5) is 36.6. The highest BCUT2D eigenvalue weighted by molar-refractivity contribution is 7.47. The SMILES string of the molecule is Cc1cn([C@H]2C[C@H](O)[C@@H](COP(=O)(O)OC[Si](C)(C)c3ccc4ccc5cccc6ccc3c4c56)O2)c(=O)[nH]c1=O. The molecule has 5 aromatic rings. The van der Waals surface area contributed by atoms with Crippen molar-refractivity contribution in [1.29, 1.82) is 0 Å². The minimum atomic E-state index is -4.49. The van der Waals surface area contributed by atoms with Crippen molar-refractivity contribution in [2.45, 2.75) is 44.9 Å². The van der Waals surface area contributed by atoms with Crippen LogP contribution in [0.15, 0.2) is 70.4 Å². The fraction of sp³-hybridized carbons (Fsp3) is 0.310. The number of nitrogens with one attached hydrogen (secondary N) is 1. The lowest BCUT2D eigenvalue weighted by Crippen LogP contribution is -2.46. The Morgan fingerprint density at radius 1 is 1.02 bits per heavy atom. The molecule has 6 rings (SSSR count).